The van der Waals surface area contributed by atoms with Crippen molar-refractivity contribution in [2.75, 3.05) is 0 Å². The van der Waals surface area contributed by atoms with Gasteiger partial charge in [0.05, 0.1) is 6.42 Å². The Kier molecular flexibility index (Phi) is 7.44. The van der Waals surface area contributed by atoms with Crippen molar-refractivity contribution in [1.82, 2.24) is 5.32 Å². The highest BCUT2D eigenvalue weighted by molar-refractivity contribution is 5.95. The van der Waals surface area contributed by atoms with E-state index in [1.54, 1.807) is 48.5 Å². The number of aliphatic hydroxyl groups is 1. The first-order valence-corrected chi connectivity index (χ1v) is 8.53. The Balaban J connectivity index is 2.29. The number of benzene rings is 2. The molecular weight excluding hydrogens is 382 g/mol. The summed E-state index contributed by atoms with van der Waals surface area (Å²) in [5.74, 6) is -5.02. The molecule has 0 aromatic heterocycles. The molecule has 0 saturated carbocycles. The lowest BCUT2D eigenvalue weighted by atomic mass is 10.0. The third-order valence-corrected chi connectivity index (χ3v) is 3.93. The number of carboxylic acids is 2. The van der Waals surface area contributed by atoms with Crippen LogP contribution in [0.25, 0.3) is 0 Å². The topological polar surface area (TPSA) is 150 Å². The van der Waals surface area contributed by atoms with E-state index in [1.165, 1.54) is 12.1 Å². The Morgan fingerprint density at radius 1 is 0.862 bits per heavy atom. The van der Waals surface area contributed by atoms with Crippen LogP contribution in [0.4, 0.5) is 0 Å². The number of carboxylic acid groups (broad SMARTS) is 2. The van der Waals surface area contributed by atoms with Crippen molar-refractivity contribution < 1.29 is 39.2 Å². The summed E-state index contributed by atoms with van der Waals surface area (Å²) in [5.41, 5.74) is 0.626. The number of aliphatic hydroxyl groups excluding tert-OH is 1. The molecule has 2 aromatic rings. The Labute approximate surface area is 165 Å². The van der Waals surface area contributed by atoms with E-state index in [9.17, 15) is 29.4 Å². The zero-order chi connectivity index (χ0) is 21.4. The summed E-state index contributed by atoms with van der Waals surface area (Å²) >= 11 is 0. The molecule has 0 unspecified atom stereocenters. The van der Waals surface area contributed by atoms with Gasteiger partial charge >= 0.3 is 17.9 Å². The molecule has 9 heteroatoms. The summed E-state index contributed by atoms with van der Waals surface area (Å²) in [6.45, 7) is 0. The lowest BCUT2D eigenvalue weighted by Crippen LogP contribution is -2.43. The summed E-state index contributed by atoms with van der Waals surface area (Å²) in [7, 11) is 0. The smallest absolute Gasteiger partial charge is 0.347 e. The summed E-state index contributed by atoms with van der Waals surface area (Å²) < 4.78 is 4.91. The molecule has 2 aromatic carbocycles. The van der Waals surface area contributed by atoms with Gasteiger partial charge in [0.15, 0.2) is 6.10 Å². The van der Waals surface area contributed by atoms with Gasteiger partial charge in [-0.05, 0) is 17.7 Å². The molecule has 3 atom stereocenters. The third kappa shape index (κ3) is 6.15. The molecule has 0 spiro atoms. The van der Waals surface area contributed by atoms with Crippen LogP contribution < -0.4 is 5.32 Å². The van der Waals surface area contributed by atoms with Gasteiger partial charge < -0.3 is 25.4 Å². The van der Waals surface area contributed by atoms with Gasteiger partial charge in [-0.25, -0.2) is 9.59 Å². The number of carbonyl (C=O) groups is 4. The number of aliphatic carboxylic acids is 2. The first-order chi connectivity index (χ1) is 13.8. The lowest BCUT2D eigenvalue weighted by Gasteiger charge is -2.25. The Morgan fingerprint density at radius 2 is 1.41 bits per heavy atom. The lowest BCUT2D eigenvalue weighted by molar-refractivity contribution is -0.169. The average molecular weight is 401 g/mol. The maximum atomic E-state index is 12.5. The highest BCUT2D eigenvalue weighted by Gasteiger charge is 2.35. The van der Waals surface area contributed by atoms with Crippen molar-refractivity contribution >= 4 is 23.8 Å². The largest absolute Gasteiger partial charge is 0.479 e. The Hall–Kier alpha value is -3.72. The van der Waals surface area contributed by atoms with Gasteiger partial charge in [-0.15, -0.1) is 0 Å². The molecule has 29 heavy (non-hydrogen) atoms. The van der Waals surface area contributed by atoms with Crippen molar-refractivity contribution in [3.8, 4) is 0 Å². The van der Waals surface area contributed by atoms with Gasteiger partial charge in [0.2, 0.25) is 6.10 Å². The molecule has 0 aliphatic rings. The fraction of sp³-hybridized carbons (Fsp3) is 0.200. The quantitative estimate of drug-likeness (QED) is 0.454. The Bertz CT molecular complexity index is 869. The monoisotopic (exact) mass is 401 g/mol. The molecule has 2 rings (SSSR count). The van der Waals surface area contributed by atoms with Gasteiger partial charge in [-0.2, -0.15) is 0 Å². The van der Waals surface area contributed by atoms with E-state index in [0.29, 0.717) is 5.56 Å². The summed E-state index contributed by atoms with van der Waals surface area (Å²) in [5, 5.41) is 30.1. The molecule has 0 saturated heterocycles. The molecule has 0 fully saturated rings. The SMILES string of the molecule is O=C(C[C@H](O)C(=O)O)O[C@@H](C(=O)O)[C@@H](NC(=O)c1ccccc1)c1ccccc1. The maximum absolute atomic E-state index is 12.5. The molecule has 152 valence electrons. The zero-order valence-electron chi connectivity index (χ0n) is 15.1. The normalized spacial score (nSPS) is 13.6. The predicted molar refractivity (Wildman–Crippen MR) is 98.9 cm³/mol. The molecule has 1 amide bonds. The van der Waals surface area contributed by atoms with Crippen molar-refractivity contribution in [1.29, 1.82) is 0 Å². The predicted octanol–water partition coefficient (Wildman–Crippen LogP) is 0.990. The molecular formula is C20H19NO8. The van der Waals surface area contributed by atoms with Crippen molar-refractivity contribution in [2.24, 2.45) is 0 Å². The first kappa shape index (κ1) is 21.6. The van der Waals surface area contributed by atoms with E-state index in [2.05, 4.69) is 5.32 Å². The van der Waals surface area contributed by atoms with Crippen LogP contribution in [0.2, 0.25) is 0 Å². The third-order valence-electron chi connectivity index (χ3n) is 3.93. The minimum absolute atomic E-state index is 0.269. The van der Waals surface area contributed by atoms with Crippen LogP contribution in [-0.4, -0.2) is 51.3 Å². The van der Waals surface area contributed by atoms with Crippen LogP contribution in [-0.2, 0) is 19.1 Å². The minimum Gasteiger partial charge on any atom is -0.479 e. The number of nitrogens with one attached hydrogen (secondary N) is 1. The van der Waals surface area contributed by atoms with Crippen LogP contribution >= 0.6 is 0 Å². The van der Waals surface area contributed by atoms with Gasteiger partial charge in [-0.3, -0.25) is 9.59 Å². The van der Waals surface area contributed by atoms with Crippen LogP contribution in [0, 0.1) is 0 Å². The second kappa shape index (κ2) is 10.00. The van der Waals surface area contributed by atoms with Crippen LogP contribution in [0.15, 0.2) is 60.7 Å². The summed E-state index contributed by atoms with van der Waals surface area (Å²) in [6, 6.07) is 14.8. The fourth-order valence-electron chi connectivity index (χ4n) is 2.50. The van der Waals surface area contributed by atoms with E-state index in [4.69, 9.17) is 9.84 Å². The highest BCUT2D eigenvalue weighted by Crippen LogP contribution is 2.21. The minimum atomic E-state index is -2.04. The van der Waals surface area contributed by atoms with Gasteiger partial charge in [0.25, 0.3) is 5.91 Å². The first-order valence-electron chi connectivity index (χ1n) is 8.53. The second-order valence-corrected chi connectivity index (χ2v) is 6.03. The number of carbonyl (C=O) groups excluding carboxylic acids is 2. The summed E-state index contributed by atoms with van der Waals surface area (Å²) in [4.78, 5) is 46.9. The molecule has 0 radical (unpaired) electrons. The zero-order valence-corrected chi connectivity index (χ0v) is 15.1. The molecule has 0 aliphatic carbocycles. The number of rotatable bonds is 9. The van der Waals surface area contributed by atoms with Gasteiger partial charge in [0.1, 0.15) is 6.04 Å². The van der Waals surface area contributed by atoms with Gasteiger partial charge in [0, 0.05) is 5.56 Å². The molecule has 9 nitrogen and oxygen atoms in total. The maximum Gasteiger partial charge on any atom is 0.347 e. The Morgan fingerprint density at radius 3 is 1.93 bits per heavy atom. The van der Waals surface area contributed by atoms with Crippen molar-refractivity contribution in [3.05, 3.63) is 71.8 Å². The fourth-order valence-corrected chi connectivity index (χ4v) is 2.50. The molecule has 0 bridgehead atoms. The van der Waals surface area contributed by atoms with Gasteiger partial charge in [-0.1, -0.05) is 48.5 Å². The van der Waals surface area contributed by atoms with E-state index < -0.39 is 48.5 Å². The molecule has 4 N–H and O–H groups in total. The van der Waals surface area contributed by atoms with Crippen LogP contribution in [0.5, 0.6) is 0 Å². The number of hydrogen-bond donors (Lipinski definition) is 4. The van der Waals surface area contributed by atoms with E-state index in [0.717, 1.165) is 0 Å². The van der Waals surface area contributed by atoms with Crippen LogP contribution in [0.1, 0.15) is 28.4 Å². The van der Waals surface area contributed by atoms with Crippen LogP contribution in [0.3, 0.4) is 0 Å². The van der Waals surface area contributed by atoms with Crippen molar-refractivity contribution in [2.45, 2.75) is 24.7 Å². The summed E-state index contributed by atoms with van der Waals surface area (Å²) in [6.07, 6.45) is -4.82. The van der Waals surface area contributed by atoms with E-state index in [1.807, 2.05) is 0 Å². The van der Waals surface area contributed by atoms with E-state index >= 15 is 0 Å². The molecule has 0 aliphatic heterocycles. The number of ether oxygens (including phenoxy) is 1. The number of amides is 1. The number of esters is 1. The second-order valence-electron chi connectivity index (χ2n) is 6.03. The van der Waals surface area contributed by atoms with E-state index in [-0.39, 0.29) is 5.56 Å². The average Bonchev–Trinajstić information content (AvgIpc) is 2.71. The highest BCUT2D eigenvalue weighted by atomic mass is 16.6. The number of hydrogen-bond acceptors (Lipinski definition) is 6. The van der Waals surface area contributed by atoms with Crippen molar-refractivity contribution in [3.63, 3.8) is 0 Å². The standard InChI is InChI=1S/C20H19NO8/c22-14(19(25)26)11-15(23)29-17(20(27)28)16(12-7-3-1-4-8-12)21-18(24)13-9-5-2-6-10-13/h1-10,14,16-17,22H,11H2,(H,21,24)(H,25,26)(H,27,28)/t14-,16-,17+/m0/s1. The molecule has 0 heterocycles.